The van der Waals surface area contributed by atoms with Crippen molar-refractivity contribution >= 4 is 0 Å². The van der Waals surface area contributed by atoms with Gasteiger partial charge in [0.2, 0.25) is 0 Å². The van der Waals surface area contributed by atoms with Crippen LogP contribution in [-0.2, 0) is 13.5 Å². The Balaban J connectivity index is 1.96. The second-order valence-electron chi connectivity index (χ2n) is 5.16. The summed E-state index contributed by atoms with van der Waals surface area (Å²) in [6.07, 6.45) is 3.18. The Morgan fingerprint density at radius 3 is 2.48 bits per heavy atom. The molecule has 1 aromatic carbocycles. The van der Waals surface area contributed by atoms with E-state index in [1.807, 2.05) is 0 Å². The number of hydrogen-bond donors (Lipinski definition) is 1. The van der Waals surface area contributed by atoms with E-state index < -0.39 is 0 Å². The van der Waals surface area contributed by atoms with Gasteiger partial charge in [0.05, 0.1) is 17.5 Å². The van der Waals surface area contributed by atoms with Gasteiger partial charge in [-0.1, -0.05) is 12.1 Å². The van der Waals surface area contributed by atoms with Gasteiger partial charge >= 0.3 is 0 Å². The highest BCUT2D eigenvalue weighted by Crippen LogP contribution is 2.15. The summed E-state index contributed by atoms with van der Waals surface area (Å²) in [5.41, 5.74) is 1.44. The summed E-state index contributed by atoms with van der Waals surface area (Å²) in [6.45, 7) is 0. The van der Waals surface area contributed by atoms with E-state index in [4.69, 9.17) is 0 Å². The molecule has 23 heavy (non-hydrogen) atoms. The number of benzene rings is 1. The van der Waals surface area contributed by atoms with Crippen molar-refractivity contribution in [2.75, 3.05) is 0 Å². The van der Waals surface area contributed by atoms with Gasteiger partial charge < -0.3 is 5.11 Å². The fraction of sp³-hybridized carbons (Fsp3) is 0.118. The van der Waals surface area contributed by atoms with E-state index in [1.165, 1.54) is 35.2 Å². The third kappa shape index (κ3) is 3.11. The van der Waals surface area contributed by atoms with Crippen LogP contribution in [0.15, 0.2) is 53.6 Å². The Kier molecular flexibility index (Phi) is 3.89. The van der Waals surface area contributed by atoms with Crippen molar-refractivity contribution in [3.63, 3.8) is 0 Å². The van der Waals surface area contributed by atoms with Crippen LogP contribution in [0.5, 0.6) is 5.75 Å². The average molecular weight is 311 g/mol. The lowest BCUT2D eigenvalue weighted by Gasteiger charge is -2.09. The molecular weight excluding hydrogens is 297 g/mol. The molecule has 0 amide bonds. The maximum atomic E-state index is 12.9. The molecule has 0 aliphatic heterocycles. The Morgan fingerprint density at radius 2 is 1.83 bits per heavy atom. The third-order valence-electron chi connectivity index (χ3n) is 3.56. The first-order chi connectivity index (χ1) is 11.0. The quantitative estimate of drug-likeness (QED) is 0.806. The van der Waals surface area contributed by atoms with Crippen LogP contribution in [0.4, 0.5) is 4.39 Å². The van der Waals surface area contributed by atoms with E-state index in [0.29, 0.717) is 23.5 Å². The number of rotatable bonds is 3. The molecule has 0 saturated heterocycles. The molecular formula is C17H14FN3O2. The lowest BCUT2D eigenvalue weighted by Crippen LogP contribution is -2.24. The molecule has 3 aromatic rings. The van der Waals surface area contributed by atoms with Crippen LogP contribution in [0.2, 0.25) is 0 Å². The smallest absolute Gasteiger partial charge is 0.262 e. The second kappa shape index (κ2) is 6.00. The molecule has 3 rings (SSSR count). The first kappa shape index (κ1) is 14.9. The summed E-state index contributed by atoms with van der Waals surface area (Å²) in [7, 11) is 1.64. The number of aromatic nitrogens is 3. The minimum atomic E-state index is -0.302. The van der Waals surface area contributed by atoms with E-state index in [-0.39, 0.29) is 17.1 Å². The minimum Gasteiger partial charge on any atom is -0.506 e. The maximum absolute atomic E-state index is 12.9. The SMILES string of the molecule is Cn1c(Cc2ccc(F)cc2)ncc(-c2ccc(O)cn2)c1=O. The van der Waals surface area contributed by atoms with E-state index >= 15 is 0 Å². The van der Waals surface area contributed by atoms with Gasteiger partial charge in [0, 0.05) is 19.7 Å². The van der Waals surface area contributed by atoms with Gasteiger partial charge in [0.25, 0.3) is 5.56 Å². The van der Waals surface area contributed by atoms with Gasteiger partial charge in [-0.05, 0) is 29.8 Å². The van der Waals surface area contributed by atoms with Crippen molar-refractivity contribution in [3.05, 3.63) is 76.4 Å². The van der Waals surface area contributed by atoms with E-state index in [2.05, 4.69) is 9.97 Å². The standard InChI is InChI=1S/C17H14FN3O2/c1-21-16(8-11-2-4-12(18)5-3-11)20-10-14(17(21)23)15-7-6-13(22)9-19-15/h2-7,9-10,22H,8H2,1H3. The topological polar surface area (TPSA) is 68.0 Å². The molecule has 0 radical (unpaired) electrons. The molecule has 0 unspecified atom stereocenters. The van der Waals surface area contributed by atoms with E-state index in [0.717, 1.165) is 5.56 Å². The van der Waals surface area contributed by atoms with Gasteiger partial charge in [-0.25, -0.2) is 9.37 Å². The van der Waals surface area contributed by atoms with Crippen molar-refractivity contribution in [2.45, 2.75) is 6.42 Å². The maximum Gasteiger partial charge on any atom is 0.262 e. The van der Waals surface area contributed by atoms with Gasteiger partial charge in [-0.2, -0.15) is 0 Å². The summed E-state index contributed by atoms with van der Waals surface area (Å²) < 4.78 is 14.4. The molecule has 0 bridgehead atoms. The Bertz CT molecular complexity index is 887. The monoisotopic (exact) mass is 311 g/mol. The molecule has 0 fully saturated rings. The Labute approximate surface area is 131 Å². The summed E-state index contributed by atoms with van der Waals surface area (Å²) in [5, 5.41) is 9.27. The van der Waals surface area contributed by atoms with Gasteiger partial charge in [-0.3, -0.25) is 14.3 Å². The summed E-state index contributed by atoms with van der Waals surface area (Å²) in [6, 6.07) is 9.11. The molecule has 5 nitrogen and oxygen atoms in total. The Hall–Kier alpha value is -3.02. The molecule has 0 spiro atoms. The fourth-order valence-electron chi connectivity index (χ4n) is 2.25. The van der Waals surface area contributed by atoms with E-state index in [9.17, 15) is 14.3 Å². The van der Waals surface area contributed by atoms with Crippen LogP contribution < -0.4 is 5.56 Å². The number of hydrogen-bond acceptors (Lipinski definition) is 4. The van der Waals surface area contributed by atoms with Crippen molar-refractivity contribution in [1.82, 2.24) is 14.5 Å². The molecule has 116 valence electrons. The zero-order valence-electron chi connectivity index (χ0n) is 12.4. The summed E-state index contributed by atoms with van der Waals surface area (Å²) in [4.78, 5) is 20.8. The normalized spacial score (nSPS) is 10.7. The van der Waals surface area contributed by atoms with Crippen LogP contribution in [0.25, 0.3) is 11.3 Å². The van der Waals surface area contributed by atoms with Crippen LogP contribution in [-0.4, -0.2) is 19.6 Å². The highest BCUT2D eigenvalue weighted by molar-refractivity contribution is 5.57. The lowest BCUT2D eigenvalue weighted by atomic mass is 10.1. The van der Waals surface area contributed by atoms with Crippen LogP contribution >= 0.6 is 0 Å². The van der Waals surface area contributed by atoms with Crippen LogP contribution in [0.1, 0.15) is 11.4 Å². The largest absolute Gasteiger partial charge is 0.506 e. The van der Waals surface area contributed by atoms with Crippen molar-refractivity contribution in [2.24, 2.45) is 7.05 Å². The average Bonchev–Trinajstić information content (AvgIpc) is 2.55. The molecule has 2 aromatic heterocycles. The number of pyridine rings is 1. The predicted molar refractivity (Wildman–Crippen MR) is 83.6 cm³/mol. The van der Waals surface area contributed by atoms with Crippen LogP contribution in [0, 0.1) is 5.82 Å². The molecule has 1 N–H and O–H groups in total. The predicted octanol–water partition coefficient (Wildman–Crippen LogP) is 2.28. The lowest BCUT2D eigenvalue weighted by molar-refractivity contribution is 0.473. The highest BCUT2D eigenvalue weighted by Gasteiger charge is 2.11. The molecule has 0 aliphatic carbocycles. The van der Waals surface area contributed by atoms with Crippen LogP contribution in [0.3, 0.4) is 0 Å². The van der Waals surface area contributed by atoms with Gasteiger partial charge in [0.1, 0.15) is 17.4 Å². The number of nitrogens with zero attached hydrogens (tertiary/aromatic N) is 3. The first-order valence-electron chi connectivity index (χ1n) is 6.99. The fourth-order valence-corrected chi connectivity index (χ4v) is 2.25. The Morgan fingerprint density at radius 1 is 1.09 bits per heavy atom. The zero-order chi connectivity index (χ0) is 16.4. The molecule has 0 atom stereocenters. The first-order valence-corrected chi connectivity index (χ1v) is 6.99. The van der Waals surface area contributed by atoms with Crippen molar-refractivity contribution < 1.29 is 9.50 Å². The summed E-state index contributed by atoms with van der Waals surface area (Å²) >= 11 is 0. The van der Waals surface area contributed by atoms with E-state index in [1.54, 1.807) is 25.2 Å². The summed E-state index contributed by atoms with van der Waals surface area (Å²) in [5.74, 6) is 0.306. The minimum absolute atomic E-state index is 0.0338. The zero-order valence-corrected chi connectivity index (χ0v) is 12.4. The van der Waals surface area contributed by atoms with Crippen molar-refractivity contribution in [3.8, 4) is 17.0 Å². The van der Waals surface area contributed by atoms with Gasteiger partial charge in [-0.15, -0.1) is 0 Å². The highest BCUT2D eigenvalue weighted by atomic mass is 19.1. The van der Waals surface area contributed by atoms with Gasteiger partial charge in [0.15, 0.2) is 0 Å². The third-order valence-corrected chi connectivity index (χ3v) is 3.56. The van der Waals surface area contributed by atoms with Crippen molar-refractivity contribution in [1.29, 1.82) is 0 Å². The second-order valence-corrected chi connectivity index (χ2v) is 5.16. The number of aromatic hydroxyl groups is 1. The molecule has 0 saturated carbocycles. The molecule has 0 aliphatic rings. The molecule has 6 heteroatoms. The molecule has 2 heterocycles. The number of halogens is 1.